The zero-order chi connectivity index (χ0) is 19.9. The van der Waals surface area contributed by atoms with E-state index in [2.05, 4.69) is 35.3 Å². The minimum atomic E-state index is -4.83. The second-order valence-corrected chi connectivity index (χ2v) is 6.50. The Hall–Kier alpha value is -3.02. The number of piperazine rings is 1. The number of nitrogens with one attached hydrogen (secondary N) is 2. The summed E-state index contributed by atoms with van der Waals surface area (Å²) in [5.41, 5.74) is -0.351. The maximum absolute atomic E-state index is 13.5. The van der Waals surface area contributed by atoms with Crippen LogP contribution in [0.5, 0.6) is 0 Å². The Bertz CT molecular complexity index is 908. The summed E-state index contributed by atoms with van der Waals surface area (Å²) < 4.78 is 44.9. The summed E-state index contributed by atoms with van der Waals surface area (Å²) in [5.74, 6) is 0.272. The summed E-state index contributed by atoms with van der Waals surface area (Å²) in [4.78, 5) is 29.8. The fourth-order valence-electron chi connectivity index (χ4n) is 3.23. The maximum Gasteiger partial charge on any atom is 0.430 e. The van der Waals surface area contributed by atoms with E-state index in [1.807, 2.05) is 11.8 Å². The second-order valence-electron chi connectivity index (χ2n) is 6.50. The lowest BCUT2D eigenvalue weighted by Gasteiger charge is -2.32. The smallest absolute Gasteiger partial charge is 0.430 e. The summed E-state index contributed by atoms with van der Waals surface area (Å²) in [5, 5.41) is 5.48. The van der Waals surface area contributed by atoms with Crippen molar-refractivity contribution in [1.29, 1.82) is 0 Å². The van der Waals surface area contributed by atoms with Crippen molar-refractivity contribution in [1.82, 2.24) is 25.3 Å². The van der Waals surface area contributed by atoms with Crippen molar-refractivity contribution in [2.75, 3.05) is 29.9 Å². The van der Waals surface area contributed by atoms with E-state index >= 15 is 0 Å². The van der Waals surface area contributed by atoms with E-state index in [0.29, 0.717) is 18.9 Å². The van der Waals surface area contributed by atoms with Crippen LogP contribution in [0.15, 0.2) is 18.7 Å². The Balaban J connectivity index is 1.78. The average Bonchev–Trinajstić information content (AvgIpc) is 2.66. The molecular weight excluding hydrogens is 379 g/mol. The topological polar surface area (TPSA) is 105 Å². The Labute approximate surface area is 157 Å². The van der Waals surface area contributed by atoms with Gasteiger partial charge in [-0.25, -0.2) is 19.7 Å². The van der Waals surface area contributed by atoms with Crippen molar-refractivity contribution < 1.29 is 22.7 Å². The van der Waals surface area contributed by atoms with Gasteiger partial charge in [-0.1, -0.05) is 0 Å². The monoisotopic (exact) mass is 395 g/mol. The molecule has 12 heteroatoms. The highest BCUT2D eigenvalue weighted by Gasteiger charge is 2.49. The first kappa shape index (κ1) is 18.3. The predicted octanol–water partition coefficient (Wildman–Crippen LogP) is 1.90. The van der Waals surface area contributed by atoms with Crippen LogP contribution < -0.4 is 15.5 Å². The van der Waals surface area contributed by atoms with E-state index in [1.54, 1.807) is 6.20 Å². The molecule has 0 saturated carbocycles. The molecule has 2 N–H and O–H groups in total. The molecule has 2 atom stereocenters. The lowest BCUT2D eigenvalue weighted by atomic mass is 10.0. The third-order valence-electron chi connectivity index (χ3n) is 4.45. The van der Waals surface area contributed by atoms with Gasteiger partial charge in [-0.3, -0.25) is 10.3 Å². The number of hydrogen-bond acceptors (Lipinski definition) is 8. The molecule has 2 aliphatic heterocycles. The molecule has 0 aromatic carbocycles. The minimum Gasteiger partial charge on any atom is -0.431 e. The van der Waals surface area contributed by atoms with Gasteiger partial charge in [-0.2, -0.15) is 13.2 Å². The van der Waals surface area contributed by atoms with E-state index in [1.165, 1.54) is 6.20 Å². The number of amides is 1. The van der Waals surface area contributed by atoms with Gasteiger partial charge >= 0.3 is 12.3 Å². The fourth-order valence-corrected chi connectivity index (χ4v) is 3.23. The van der Waals surface area contributed by atoms with E-state index in [4.69, 9.17) is 0 Å². The Morgan fingerprint density at radius 3 is 2.86 bits per heavy atom. The van der Waals surface area contributed by atoms with E-state index in [-0.39, 0.29) is 23.2 Å². The van der Waals surface area contributed by atoms with Gasteiger partial charge in [0, 0.05) is 25.7 Å². The van der Waals surface area contributed by atoms with Crippen LogP contribution in [-0.2, 0) is 4.74 Å². The molecular formula is C16H16F3N7O2. The maximum atomic E-state index is 13.5. The van der Waals surface area contributed by atoms with Crippen LogP contribution >= 0.6 is 0 Å². The number of ether oxygens (including phenoxy) is 1. The highest BCUT2D eigenvalue weighted by Crippen LogP contribution is 2.44. The van der Waals surface area contributed by atoms with Crippen LogP contribution in [0.3, 0.4) is 0 Å². The van der Waals surface area contributed by atoms with Crippen molar-refractivity contribution in [3.05, 3.63) is 24.3 Å². The molecule has 1 amide bonds. The molecule has 0 unspecified atom stereocenters. The van der Waals surface area contributed by atoms with Gasteiger partial charge in [0.15, 0.2) is 0 Å². The van der Waals surface area contributed by atoms with Crippen molar-refractivity contribution >= 4 is 17.7 Å². The van der Waals surface area contributed by atoms with E-state index in [0.717, 1.165) is 12.9 Å². The molecule has 0 radical (unpaired) electrons. The lowest BCUT2D eigenvalue weighted by molar-refractivity contribution is -0.206. The van der Waals surface area contributed by atoms with E-state index in [9.17, 15) is 18.0 Å². The molecule has 1 fully saturated rings. The van der Waals surface area contributed by atoms with Crippen molar-refractivity contribution in [2.24, 2.45) is 0 Å². The molecule has 28 heavy (non-hydrogen) atoms. The molecule has 4 heterocycles. The summed E-state index contributed by atoms with van der Waals surface area (Å²) >= 11 is 0. The first-order valence-electron chi connectivity index (χ1n) is 8.53. The zero-order valence-corrected chi connectivity index (χ0v) is 14.7. The number of halogens is 3. The number of alkyl halides is 3. The molecule has 9 nitrogen and oxygen atoms in total. The van der Waals surface area contributed by atoms with Gasteiger partial charge in [0.05, 0.1) is 18.0 Å². The summed E-state index contributed by atoms with van der Waals surface area (Å²) in [6.45, 7) is 4.16. The third kappa shape index (κ3) is 3.42. The molecule has 1 saturated heterocycles. The number of carbonyl (C=O) groups excluding carboxylic acids is 1. The molecule has 0 spiro atoms. The molecule has 4 rings (SSSR count). The largest absolute Gasteiger partial charge is 0.431 e. The molecule has 2 aliphatic rings. The second kappa shape index (κ2) is 6.86. The minimum absolute atomic E-state index is 0.0927. The predicted molar refractivity (Wildman–Crippen MR) is 91.6 cm³/mol. The van der Waals surface area contributed by atoms with Crippen molar-refractivity contribution in [2.45, 2.75) is 25.2 Å². The lowest BCUT2D eigenvalue weighted by Crippen LogP contribution is -2.49. The molecule has 0 aliphatic carbocycles. The number of anilines is 2. The van der Waals surface area contributed by atoms with Gasteiger partial charge < -0.3 is 15.0 Å². The summed E-state index contributed by atoms with van der Waals surface area (Å²) in [6, 6.07) is 0.240. The number of carbonyl (C=O) groups is 1. The number of fused-ring (bicyclic) bond motifs is 1. The third-order valence-corrected chi connectivity index (χ3v) is 4.45. The number of rotatable bonds is 2. The first-order valence-corrected chi connectivity index (χ1v) is 8.53. The van der Waals surface area contributed by atoms with Crippen molar-refractivity contribution in [3.8, 4) is 11.4 Å². The van der Waals surface area contributed by atoms with Gasteiger partial charge in [-0.05, 0) is 6.92 Å². The average molecular weight is 395 g/mol. The number of hydrogen-bond donors (Lipinski definition) is 2. The molecule has 0 bridgehead atoms. The SMILES string of the molecule is C[C@H]1CN(c2cncc(-c3ncnc4c3[C@H](C(F)(F)F)OC(=O)N4)n2)CCN1. The van der Waals surface area contributed by atoms with Gasteiger partial charge in [0.2, 0.25) is 6.10 Å². The Kier molecular flexibility index (Phi) is 4.49. The number of aromatic nitrogens is 4. The zero-order valence-electron chi connectivity index (χ0n) is 14.7. The number of cyclic esters (lactones) is 1. The van der Waals surface area contributed by atoms with Crippen LogP contribution in [0.4, 0.5) is 29.6 Å². The quantitative estimate of drug-likeness (QED) is 0.795. The van der Waals surface area contributed by atoms with Crippen molar-refractivity contribution in [3.63, 3.8) is 0 Å². The highest BCUT2D eigenvalue weighted by molar-refractivity contribution is 5.88. The normalized spacial score (nSPS) is 22.3. The standard InChI is InChI=1S/C16H16F3N7O2/c1-8-6-26(3-2-21-8)10-5-20-4-9(24-10)12-11-13(16(17,18)19)28-15(27)25-14(11)23-7-22-12/h4-5,7-8,13,21H,2-3,6H2,1H3,(H,22,23,25,27)/t8-,13+/m0/s1. The van der Waals surface area contributed by atoms with Crippen LogP contribution in [0.25, 0.3) is 11.4 Å². The fraction of sp³-hybridized carbons (Fsp3) is 0.438. The first-order chi connectivity index (χ1) is 13.3. The summed E-state index contributed by atoms with van der Waals surface area (Å²) in [6.07, 6.45) is -4.61. The van der Waals surface area contributed by atoms with Gasteiger partial charge in [-0.15, -0.1) is 0 Å². The molecule has 2 aromatic rings. The van der Waals surface area contributed by atoms with Gasteiger partial charge in [0.25, 0.3) is 0 Å². The van der Waals surface area contributed by atoms with Crippen LogP contribution in [0.1, 0.15) is 18.6 Å². The van der Waals surface area contributed by atoms with Crippen LogP contribution in [-0.4, -0.2) is 57.9 Å². The Morgan fingerprint density at radius 2 is 2.11 bits per heavy atom. The summed E-state index contributed by atoms with van der Waals surface area (Å²) in [7, 11) is 0. The number of nitrogens with zero attached hydrogens (tertiary/aromatic N) is 5. The highest BCUT2D eigenvalue weighted by atomic mass is 19.4. The molecule has 148 valence electrons. The molecule has 2 aromatic heterocycles. The Morgan fingerprint density at radius 1 is 1.29 bits per heavy atom. The van der Waals surface area contributed by atoms with Crippen LogP contribution in [0.2, 0.25) is 0 Å². The van der Waals surface area contributed by atoms with Gasteiger partial charge in [0.1, 0.15) is 29.4 Å². The van der Waals surface area contributed by atoms with E-state index < -0.39 is 23.9 Å². The van der Waals surface area contributed by atoms with Crippen LogP contribution in [0, 0.1) is 0 Å².